The Balaban J connectivity index is 0.000000333. The van der Waals surface area contributed by atoms with Crippen LogP contribution < -0.4 is 0 Å². The van der Waals surface area contributed by atoms with Crippen LogP contribution in [0.3, 0.4) is 0 Å². The van der Waals surface area contributed by atoms with E-state index >= 15 is 0 Å². The van der Waals surface area contributed by atoms with E-state index in [4.69, 9.17) is 0 Å². The molecule has 49 heavy (non-hydrogen) atoms. The summed E-state index contributed by atoms with van der Waals surface area (Å²) in [6, 6.07) is 18.5. The maximum atomic E-state index is 11.4. The number of benzene rings is 4. The Morgan fingerprint density at radius 2 is 0.776 bits per heavy atom. The van der Waals surface area contributed by atoms with Crippen LogP contribution >= 0.6 is 0 Å². The van der Waals surface area contributed by atoms with Crippen molar-refractivity contribution in [1.29, 1.82) is 0 Å². The average Bonchev–Trinajstić information content (AvgIpc) is 3.04. The summed E-state index contributed by atoms with van der Waals surface area (Å²) < 4.78 is 68.7. The summed E-state index contributed by atoms with van der Waals surface area (Å²) in [5, 5.41) is 3.87. The number of rotatable bonds is 18. The van der Waals surface area contributed by atoms with Crippen molar-refractivity contribution in [3.63, 3.8) is 0 Å². The molecule has 0 fully saturated rings. The van der Waals surface area contributed by atoms with Crippen molar-refractivity contribution in [3.05, 3.63) is 82.9 Å². The molecule has 0 aromatic heterocycles. The molecule has 0 radical (unpaired) electrons. The topological polar surface area (TPSA) is 114 Å². The van der Waals surface area contributed by atoms with Crippen molar-refractivity contribution < 1.29 is 25.9 Å². The third-order valence-electron chi connectivity index (χ3n) is 8.97. The summed E-state index contributed by atoms with van der Waals surface area (Å²) in [5.41, 5.74) is 4.52. The molecule has 6 nitrogen and oxygen atoms in total. The van der Waals surface area contributed by atoms with E-state index in [0.29, 0.717) is 0 Å². The molecule has 4 aromatic carbocycles. The van der Waals surface area contributed by atoms with Crippen molar-refractivity contribution in [2.24, 2.45) is 0 Å². The minimum absolute atomic E-state index is 0. The minimum atomic E-state index is -4.43. The Morgan fingerprint density at radius 1 is 0.449 bits per heavy atom. The molecule has 0 N–H and O–H groups in total. The van der Waals surface area contributed by atoms with E-state index < -0.39 is 20.2 Å². The van der Waals surface area contributed by atoms with Gasteiger partial charge in [0.1, 0.15) is 20.2 Å². The van der Waals surface area contributed by atoms with Crippen LogP contribution in [-0.4, -0.2) is 63.7 Å². The maximum Gasteiger partial charge on any atom is 2.00 e. The van der Waals surface area contributed by atoms with Gasteiger partial charge >= 0.3 is 37.7 Å². The molecule has 0 aliphatic heterocycles. The summed E-state index contributed by atoms with van der Waals surface area (Å²) in [4.78, 5) is -0.222. The largest absolute Gasteiger partial charge is 2.00 e. The first-order valence-electron chi connectivity index (χ1n) is 17.9. The monoisotopic (exact) mass is 734 g/mol. The van der Waals surface area contributed by atoms with Gasteiger partial charge in [0.2, 0.25) is 0 Å². The van der Waals surface area contributed by atoms with Crippen molar-refractivity contribution >= 4 is 79.5 Å². The van der Waals surface area contributed by atoms with Gasteiger partial charge in [-0.25, -0.2) is 16.8 Å². The number of hydrogen-bond acceptors (Lipinski definition) is 6. The summed E-state index contributed by atoms with van der Waals surface area (Å²) in [6.07, 6.45) is 17.3. The average molecular weight is 735 g/mol. The first-order chi connectivity index (χ1) is 22.9. The van der Waals surface area contributed by atoms with Gasteiger partial charge in [-0.05, 0) is 119 Å². The molecule has 264 valence electrons. The summed E-state index contributed by atoms with van der Waals surface area (Å²) >= 11 is 0. The molecule has 4 rings (SSSR count). The van der Waals surface area contributed by atoms with E-state index in [0.717, 1.165) is 96.9 Å². The summed E-state index contributed by atoms with van der Waals surface area (Å²) in [7, 11) is -8.85. The third kappa shape index (κ3) is 14.2. The Bertz CT molecular complexity index is 1700. The minimum Gasteiger partial charge on any atom is -0.744 e. The second kappa shape index (κ2) is 21.8. The number of fused-ring (bicyclic) bond motifs is 2. The fourth-order valence-electron chi connectivity index (χ4n) is 6.21. The Labute approximate surface area is 326 Å². The van der Waals surface area contributed by atoms with Crippen LogP contribution in [0.4, 0.5) is 0 Å². The Morgan fingerprint density at radius 3 is 1.08 bits per heavy atom. The van der Waals surface area contributed by atoms with Gasteiger partial charge in [-0.3, -0.25) is 0 Å². The molecule has 0 aliphatic rings. The normalized spacial score (nSPS) is 11.7. The van der Waals surface area contributed by atoms with Crippen molar-refractivity contribution in [1.82, 2.24) is 0 Å². The van der Waals surface area contributed by atoms with E-state index in [1.165, 1.54) is 61.8 Å². The van der Waals surface area contributed by atoms with E-state index in [9.17, 15) is 25.9 Å². The molecule has 0 amide bonds. The predicted octanol–water partition coefficient (Wildman–Crippen LogP) is 10.0. The third-order valence-corrected chi connectivity index (χ3v) is 10.6. The van der Waals surface area contributed by atoms with E-state index in [2.05, 4.69) is 52.0 Å². The zero-order valence-electron chi connectivity index (χ0n) is 30.1. The van der Waals surface area contributed by atoms with Gasteiger partial charge in [-0.15, -0.1) is 0 Å². The Kier molecular flexibility index (Phi) is 19.4. The summed E-state index contributed by atoms with van der Waals surface area (Å²) in [6.45, 7) is 8.67. The number of aryl methyl sites for hydroxylation is 4. The van der Waals surface area contributed by atoms with Crippen molar-refractivity contribution in [2.45, 2.75) is 140 Å². The smallest absolute Gasteiger partial charge is 0.744 e. The number of unbranched alkanes of at least 4 members (excludes halogenated alkanes) is 8. The molecule has 0 bridgehead atoms. The number of hydrogen-bond donors (Lipinski definition) is 0. The quantitative estimate of drug-likeness (QED) is 0.0571. The molecule has 0 atom stereocenters. The fourth-order valence-corrected chi connectivity index (χ4v) is 7.32. The fraction of sp³-hybridized carbons (Fsp3) is 0.500. The second-order valence-electron chi connectivity index (χ2n) is 13.0. The molecule has 0 aliphatic carbocycles. The zero-order valence-corrected chi connectivity index (χ0v) is 33.9. The first kappa shape index (κ1) is 43.6. The van der Waals surface area contributed by atoms with Crippen LogP contribution in [0.25, 0.3) is 21.5 Å². The second-order valence-corrected chi connectivity index (χ2v) is 15.8. The van der Waals surface area contributed by atoms with Gasteiger partial charge in [0, 0.05) is 0 Å². The molecular weight excluding hydrogens is 681 g/mol. The molecule has 0 spiro atoms. The van der Waals surface area contributed by atoms with Crippen LogP contribution in [0.5, 0.6) is 0 Å². The molecule has 9 heteroatoms. The van der Waals surface area contributed by atoms with Crippen LogP contribution in [-0.2, 0) is 45.9 Å². The summed E-state index contributed by atoms with van der Waals surface area (Å²) in [5.74, 6) is 0. The van der Waals surface area contributed by atoms with Gasteiger partial charge in [0.15, 0.2) is 0 Å². The first-order valence-corrected chi connectivity index (χ1v) is 20.8. The van der Waals surface area contributed by atoms with Crippen LogP contribution in [0.15, 0.2) is 70.5 Å². The van der Waals surface area contributed by atoms with Crippen LogP contribution in [0.1, 0.15) is 127 Å². The SMILES string of the molecule is CCCCCc1ccc2cc(S(=O)(=O)[O-])cc(CCCCC)c2c1.CCCCCc1ccc2cc(S(=O)(=O)[O-])cc(CCCCC)c2c1.[Ca+2]. The van der Waals surface area contributed by atoms with Crippen molar-refractivity contribution in [3.8, 4) is 0 Å². The predicted molar refractivity (Wildman–Crippen MR) is 202 cm³/mol. The molecule has 0 heterocycles. The molecule has 4 aromatic rings. The van der Waals surface area contributed by atoms with Gasteiger partial charge in [-0.1, -0.05) is 115 Å². The Hall–Kier alpha value is -1.52. The van der Waals surface area contributed by atoms with Crippen LogP contribution in [0.2, 0.25) is 0 Å². The van der Waals surface area contributed by atoms with Crippen LogP contribution in [0, 0.1) is 0 Å². The van der Waals surface area contributed by atoms with E-state index in [1.54, 1.807) is 12.1 Å². The zero-order chi connectivity index (χ0) is 35.2. The molecule has 0 saturated carbocycles. The van der Waals surface area contributed by atoms with Crippen molar-refractivity contribution in [2.75, 3.05) is 0 Å². The maximum absolute atomic E-state index is 11.4. The van der Waals surface area contributed by atoms with E-state index in [-0.39, 0.29) is 47.5 Å². The molecular formula is C40H54CaO6S2. The molecule has 0 saturated heterocycles. The molecule has 0 unspecified atom stereocenters. The van der Waals surface area contributed by atoms with E-state index in [1.807, 2.05) is 12.1 Å². The van der Waals surface area contributed by atoms with Gasteiger partial charge in [0.25, 0.3) is 0 Å². The standard InChI is InChI=1S/2C20H28O3S.Ca/c2*1-3-5-7-9-16-11-12-18-15-19(24(21,22)23)14-17(20(18)13-16)10-8-6-4-2;/h2*11-15H,3-10H2,1-2H3,(H,21,22,23);/q;;+2/p-2. The van der Waals surface area contributed by atoms with Gasteiger partial charge in [-0.2, -0.15) is 0 Å². The van der Waals surface area contributed by atoms with Gasteiger partial charge < -0.3 is 9.11 Å². The van der Waals surface area contributed by atoms with Gasteiger partial charge in [0.05, 0.1) is 9.79 Å².